The smallest absolute Gasteiger partial charge is 0.333 e. The van der Waals surface area contributed by atoms with Crippen LogP contribution in [-0.2, 0) is 4.79 Å². The third-order valence-corrected chi connectivity index (χ3v) is 3.29. The van der Waals surface area contributed by atoms with Crippen LogP contribution in [-0.4, -0.2) is 36.1 Å². The van der Waals surface area contributed by atoms with Crippen LogP contribution in [0.25, 0.3) is 0 Å². The maximum absolute atomic E-state index is 12.4. The second-order valence-electron chi connectivity index (χ2n) is 5.00. The van der Waals surface area contributed by atoms with Crippen LogP contribution in [0.15, 0.2) is 0 Å². The molecule has 3 nitrogen and oxygen atoms in total. The van der Waals surface area contributed by atoms with Crippen molar-refractivity contribution in [3.05, 3.63) is 0 Å². The summed E-state index contributed by atoms with van der Waals surface area (Å²) >= 11 is 0. The summed E-state index contributed by atoms with van der Waals surface area (Å²) < 4.78 is 37.3. The lowest BCUT2D eigenvalue weighted by Gasteiger charge is -2.26. The number of alkyl halides is 3. The van der Waals surface area contributed by atoms with Gasteiger partial charge in [0.05, 0.1) is 0 Å². The number of hydrogen-bond acceptors (Lipinski definition) is 2. The van der Waals surface area contributed by atoms with Gasteiger partial charge in [0.25, 0.3) is 0 Å². The van der Waals surface area contributed by atoms with Crippen molar-refractivity contribution in [2.24, 2.45) is 11.7 Å². The lowest BCUT2D eigenvalue weighted by Crippen LogP contribution is -2.42. The van der Waals surface area contributed by atoms with Crippen LogP contribution in [0, 0.1) is 5.92 Å². The standard InChI is InChI=1S/C12H21F3N2O/c1-2-3-6-17(8-12(13,14)15)11(18)9-4-5-10(16)7-9/h9-10H,2-8,16H2,1H3/t9-,10+/m1/s1. The zero-order valence-corrected chi connectivity index (χ0v) is 10.7. The van der Waals surface area contributed by atoms with Gasteiger partial charge in [0, 0.05) is 18.5 Å². The molecule has 0 spiro atoms. The Morgan fingerprint density at radius 1 is 1.39 bits per heavy atom. The molecule has 0 aromatic carbocycles. The highest BCUT2D eigenvalue weighted by Gasteiger charge is 2.37. The van der Waals surface area contributed by atoms with Crippen LogP contribution in [0.2, 0.25) is 0 Å². The topological polar surface area (TPSA) is 46.3 Å². The van der Waals surface area contributed by atoms with Crippen LogP contribution in [0.4, 0.5) is 13.2 Å². The molecule has 1 saturated carbocycles. The molecule has 6 heteroatoms. The van der Waals surface area contributed by atoms with Gasteiger partial charge in [-0.3, -0.25) is 4.79 Å². The highest BCUT2D eigenvalue weighted by Crippen LogP contribution is 2.27. The molecule has 2 atom stereocenters. The first-order valence-corrected chi connectivity index (χ1v) is 6.44. The van der Waals surface area contributed by atoms with Crippen molar-refractivity contribution in [2.75, 3.05) is 13.1 Å². The molecular weight excluding hydrogens is 245 g/mol. The maximum atomic E-state index is 12.4. The Morgan fingerprint density at radius 2 is 2.06 bits per heavy atom. The quantitative estimate of drug-likeness (QED) is 0.830. The van der Waals surface area contributed by atoms with Crippen molar-refractivity contribution in [2.45, 2.75) is 51.2 Å². The van der Waals surface area contributed by atoms with Gasteiger partial charge in [0.2, 0.25) is 5.91 Å². The molecule has 0 bridgehead atoms. The Bertz CT molecular complexity index is 281. The molecule has 1 aliphatic carbocycles. The number of carbonyl (C=O) groups excluding carboxylic acids is 1. The molecule has 0 aliphatic heterocycles. The molecule has 2 N–H and O–H groups in total. The Balaban J connectivity index is 2.60. The van der Waals surface area contributed by atoms with E-state index in [9.17, 15) is 18.0 Å². The maximum Gasteiger partial charge on any atom is 0.406 e. The molecule has 0 aromatic heterocycles. The van der Waals surface area contributed by atoms with E-state index in [0.717, 1.165) is 17.7 Å². The van der Waals surface area contributed by atoms with Crippen molar-refractivity contribution in [1.29, 1.82) is 0 Å². The SMILES string of the molecule is CCCCN(CC(F)(F)F)C(=O)[C@@H]1CC[C@H](N)C1. The Labute approximate surface area is 106 Å². The van der Waals surface area contributed by atoms with Crippen molar-refractivity contribution in [3.63, 3.8) is 0 Å². The predicted octanol–water partition coefficient (Wildman–Crippen LogP) is 2.30. The van der Waals surface area contributed by atoms with E-state index in [1.807, 2.05) is 6.92 Å². The van der Waals surface area contributed by atoms with Crippen LogP contribution in [0.5, 0.6) is 0 Å². The fraction of sp³-hybridized carbons (Fsp3) is 0.917. The van der Waals surface area contributed by atoms with E-state index in [1.54, 1.807) is 0 Å². The van der Waals surface area contributed by atoms with Crippen LogP contribution in [0.1, 0.15) is 39.0 Å². The summed E-state index contributed by atoms with van der Waals surface area (Å²) in [6, 6.07) is -0.0436. The fourth-order valence-corrected chi connectivity index (χ4v) is 2.33. The van der Waals surface area contributed by atoms with Gasteiger partial charge in [-0.2, -0.15) is 13.2 Å². The highest BCUT2D eigenvalue weighted by atomic mass is 19.4. The van der Waals surface area contributed by atoms with Crippen LogP contribution >= 0.6 is 0 Å². The lowest BCUT2D eigenvalue weighted by molar-refractivity contribution is -0.163. The summed E-state index contributed by atoms with van der Waals surface area (Å²) in [5, 5.41) is 0. The molecule has 1 aliphatic rings. The van der Waals surface area contributed by atoms with Gasteiger partial charge >= 0.3 is 6.18 Å². The zero-order valence-electron chi connectivity index (χ0n) is 10.7. The predicted molar refractivity (Wildman–Crippen MR) is 62.9 cm³/mol. The Morgan fingerprint density at radius 3 is 2.50 bits per heavy atom. The van der Waals surface area contributed by atoms with Gasteiger partial charge in [-0.05, 0) is 25.7 Å². The first-order chi connectivity index (χ1) is 8.33. The molecule has 0 radical (unpaired) electrons. The Hall–Kier alpha value is -0.780. The first kappa shape index (κ1) is 15.3. The Kier molecular flexibility index (Phi) is 5.44. The van der Waals surface area contributed by atoms with E-state index < -0.39 is 12.7 Å². The molecule has 0 aromatic rings. The summed E-state index contributed by atoms with van der Waals surface area (Å²) in [6.07, 6.45) is -1.11. The molecule has 0 unspecified atom stereocenters. The number of unbranched alkanes of at least 4 members (excludes halogenated alkanes) is 1. The van der Waals surface area contributed by atoms with Gasteiger partial charge in [-0.1, -0.05) is 13.3 Å². The third kappa shape index (κ3) is 4.84. The van der Waals surface area contributed by atoms with Gasteiger partial charge in [-0.15, -0.1) is 0 Å². The molecule has 0 heterocycles. The minimum absolute atomic E-state index is 0.0436. The number of nitrogens with two attached hydrogens (primary N) is 1. The van der Waals surface area contributed by atoms with Crippen LogP contribution in [0.3, 0.4) is 0 Å². The van der Waals surface area contributed by atoms with E-state index in [0.29, 0.717) is 19.3 Å². The van der Waals surface area contributed by atoms with E-state index in [-0.39, 0.29) is 24.4 Å². The molecule has 18 heavy (non-hydrogen) atoms. The molecule has 0 saturated heterocycles. The summed E-state index contributed by atoms with van der Waals surface area (Å²) in [5.41, 5.74) is 5.70. The van der Waals surface area contributed by atoms with Crippen molar-refractivity contribution in [3.8, 4) is 0 Å². The van der Waals surface area contributed by atoms with Crippen molar-refractivity contribution < 1.29 is 18.0 Å². The summed E-state index contributed by atoms with van der Waals surface area (Å²) in [5.74, 6) is -0.701. The first-order valence-electron chi connectivity index (χ1n) is 6.44. The number of amides is 1. The van der Waals surface area contributed by atoms with Gasteiger partial charge < -0.3 is 10.6 Å². The minimum Gasteiger partial charge on any atom is -0.333 e. The van der Waals surface area contributed by atoms with Gasteiger partial charge in [0.1, 0.15) is 6.54 Å². The van der Waals surface area contributed by atoms with E-state index in [1.165, 1.54) is 0 Å². The average Bonchev–Trinajstić information content (AvgIpc) is 2.68. The largest absolute Gasteiger partial charge is 0.406 e. The average molecular weight is 266 g/mol. The lowest BCUT2D eigenvalue weighted by atomic mass is 10.1. The molecular formula is C12H21F3N2O. The molecule has 1 rings (SSSR count). The molecule has 1 amide bonds. The number of halogens is 3. The number of carbonyl (C=O) groups is 1. The van der Waals surface area contributed by atoms with E-state index in [2.05, 4.69) is 0 Å². The summed E-state index contributed by atoms with van der Waals surface area (Å²) in [4.78, 5) is 13.0. The fourth-order valence-electron chi connectivity index (χ4n) is 2.33. The summed E-state index contributed by atoms with van der Waals surface area (Å²) in [6.45, 7) is 0.930. The highest BCUT2D eigenvalue weighted by molar-refractivity contribution is 5.79. The second kappa shape index (κ2) is 6.41. The van der Waals surface area contributed by atoms with Gasteiger partial charge in [-0.25, -0.2) is 0 Å². The molecule has 1 fully saturated rings. The van der Waals surface area contributed by atoms with E-state index >= 15 is 0 Å². The summed E-state index contributed by atoms with van der Waals surface area (Å²) in [7, 11) is 0. The van der Waals surface area contributed by atoms with Crippen molar-refractivity contribution in [1.82, 2.24) is 4.90 Å². The minimum atomic E-state index is -4.33. The van der Waals surface area contributed by atoms with Crippen molar-refractivity contribution >= 4 is 5.91 Å². The van der Waals surface area contributed by atoms with Gasteiger partial charge in [0.15, 0.2) is 0 Å². The number of nitrogens with zero attached hydrogens (tertiary/aromatic N) is 1. The normalized spacial score (nSPS) is 24.3. The monoisotopic (exact) mass is 266 g/mol. The number of hydrogen-bond donors (Lipinski definition) is 1. The number of rotatable bonds is 5. The van der Waals surface area contributed by atoms with Crippen LogP contribution < -0.4 is 5.73 Å². The van der Waals surface area contributed by atoms with E-state index in [4.69, 9.17) is 5.73 Å². The third-order valence-electron chi connectivity index (χ3n) is 3.29. The second-order valence-corrected chi connectivity index (χ2v) is 5.00. The zero-order chi connectivity index (χ0) is 13.8. The molecule has 106 valence electrons.